The number of ketones is 1. The Bertz CT molecular complexity index is 263. The molecule has 0 aromatic heterocycles. The molecule has 0 heterocycles. The topological polar surface area (TPSA) is 43.4 Å². The Morgan fingerprint density at radius 2 is 2.00 bits per heavy atom. The van der Waals surface area contributed by atoms with Crippen molar-refractivity contribution < 1.29 is 14.3 Å². The van der Waals surface area contributed by atoms with Crippen LogP contribution in [0.2, 0.25) is 0 Å². The second-order valence-electron chi connectivity index (χ2n) is 5.40. The quantitative estimate of drug-likeness (QED) is 0.626. The standard InChI is InChI=1S/C12H20O3/c1-8(13)15-11-7-9(12(2,3)4)5-6-10(11)14/h9,11H,5-7H2,1-4H3. The van der Waals surface area contributed by atoms with Crippen molar-refractivity contribution in [1.29, 1.82) is 0 Å². The molecule has 3 nitrogen and oxygen atoms in total. The van der Waals surface area contributed by atoms with Crippen LogP contribution in [-0.2, 0) is 14.3 Å². The van der Waals surface area contributed by atoms with Crippen LogP contribution < -0.4 is 0 Å². The predicted molar refractivity (Wildman–Crippen MR) is 57.4 cm³/mol. The summed E-state index contributed by atoms with van der Waals surface area (Å²) in [6, 6.07) is 0. The van der Waals surface area contributed by atoms with Gasteiger partial charge in [0.05, 0.1) is 0 Å². The van der Waals surface area contributed by atoms with Crippen LogP contribution >= 0.6 is 0 Å². The zero-order valence-corrected chi connectivity index (χ0v) is 10.0. The Morgan fingerprint density at radius 1 is 1.40 bits per heavy atom. The molecule has 1 aliphatic carbocycles. The normalized spacial score (nSPS) is 27.6. The molecule has 0 spiro atoms. The summed E-state index contributed by atoms with van der Waals surface area (Å²) in [6.45, 7) is 7.85. The van der Waals surface area contributed by atoms with Gasteiger partial charge in [0.2, 0.25) is 0 Å². The second kappa shape index (κ2) is 4.33. The summed E-state index contributed by atoms with van der Waals surface area (Å²) in [6.07, 6.45) is 1.64. The fraction of sp³-hybridized carbons (Fsp3) is 0.833. The van der Waals surface area contributed by atoms with E-state index >= 15 is 0 Å². The molecule has 1 rings (SSSR count). The van der Waals surface area contributed by atoms with Crippen molar-refractivity contribution in [3.05, 3.63) is 0 Å². The van der Waals surface area contributed by atoms with Crippen LogP contribution in [0.4, 0.5) is 0 Å². The van der Waals surface area contributed by atoms with Crippen LogP contribution in [0.1, 0.15) is 47.0 Å². The van der Waals surface area contributed by atoms with Gasteiger partial charge in [-0.3, -0.25) is 9.59 Å². The van der Waals surface area contributed by atoms with Crippen LogP contribution in [0.3, 0.4) is 0 Å². The van der Waals surface area contributed by atoms with Crippen molar-refractivity contribution in [2.45, 2.75) is 53.1 Å². The highest BCUT2D eigenvalue weighted by Crippen LogP contribution is 2.37. The third-order valence-electron chi connectivity index (χ3n) is 3.13. The van der Waals surface area contributed by atoms with E-state index < -0.39 is 6.10 Å². The van der Waals surface area contributed by atoms with Crippen molar-refractivity contribution in [3.63, 3.8) is 0 Å². The highest BCUT2D eigenvalue weighted by Gasteiger charge is 2.36. The molecular formula is C12H20O3. The molecular weight excluding hydrogens is 192 g/mol. The largest absolute Gasteiger partial charge is 0.455 e. The van der Waals surface area contributed by atoms with Gasteiger partial charge in [0.15, 0.2) is 11.9 Å². The van der Waals surface area contributed by atoms with E-state index in [9.17, 15) is 9.59 Å². The molecule has 0 saturated heterocycles. The maximum Gasteiger partial charge on any atom is 0.303 e. The number of esters is 1. The van der Waals surface area contributed by atoms with Gasteiger partial charge in [0.25, 0.3) is 0 Å². The van der Waals surface area contributed by atoms with Gasteiger partial charge in [0, 0.05) is 13.3 Å². The Balaban J connectivity index is 2.64. The third kappa shape index (κ3) is 3.33. The van der Waals surface area contributed by atoms with Crippen LogP contribution in [0.15, 0.2) is 0 Å². The molecule has 0 aliphatic heterocycles. The summed E-state index contributed by atoms with van der Waals surface area (Å²) in [7, 11) is 0. The molecule has 0 amide bonds. The maximum atomic E-state index is 11.5. The highest BCUT2D eigenvalue weighted by molar-refractivity contribution is 5.85. The fourth-order valence-electron chi connectivity index (χ4n) is 2.09. The van der Waals surface area contributed by atoms with Crippen LogP contribution in [-0.4, -0.2) is 17.9 Å². The maximum absolute atomic E-state index is 11.5. The molecule has 1 aliphatic rings. The Kier molecular flexibility index (Phi) is 3.53. The van der Waals surface area contributed by atoms with E-state index in [-0.39, 0.29) is 17.2 Å². The Hall–Kier alpha value is -0.860. The van der Waals surface area contributed by atoms with Crippen LogP contribution in [0, 0.1) is 11.3 Å². The SMILES string of the molecule is CC(=O)OC1CC(C(C)(C)C)CCC1=O. The minimum Gasteiger partial charge on any atom is -0.455 e. The molecule has 0 aromatic rings. The van der Waals surface area contributed by atoms with Crippen molar-refractivity contribution in [1.82, 2.24) is 0 Å². The monoisotopic (exact) mass is 212 g/mol. The van der Waals surface area contributed by atoms with Crippen molar-refractivity contribution in [3.8, 4) is 0 Å². The van der Waals surface area contributed by atoms with Crippen LogP contribution in [0.25, 0.3) is 0 Å². The van der Waals surface area contributed by atoms with E-state index in [2.05, 4.69) is 20.8 Å². The van der Waals surface area contributed by atoms with Crippen molar-refractivity contribution >= 4 is 11.8 Å². The number of hydrogen-bond donors (Lipinski definition) is 0. The van der Waals surface area contributed by atoms with E-state index in [1.54, 1.807) is 0 Å². The van der Waals surface area contributed by atoms with Gasteiger partial charge >= 0.3 is 5.97 Å². The molecule has 0 aromatic carbocycles. The lowest BCUT2D eigenvalue weighted by molar-refractivity contribution is -0.156. The minimum absolute atomic E-state index is 0.0747. The first kappa shape index (κ1) is 12.2. The first-order valence-corrected chi connectivity index (χ1v) is 5.50. The number of rotatable bonds is 1. The first-order valence-electron chi connectivity index (χ1n) is 5.50. The average molecular weight is 212 g/mol. The van der Waals surface area contributed by atoms with Gasteiger partial charge in [-0.15, -0.1) is 0 Å². The summed E-state index contributed by atoms with van der Waals surface area (Å²) in [5.41, 5.74) is 0.180. The molecule has 0 N–H and O–H groups in total. The first-order chi connectivity index (χ1) is 6.80. The second-order valence-corrected chi connectivity index (χ2v) is 5.40. The van der Waals surface area contributed by atoms with Gasteiger partial charge in [-0.2, -0.15) is 0 Å². The average Bonchev–Trinajstić information content (AvgIpc) is 2.06. The lowest BCUT2D eigenvalue weighted by Gasteiger charge is -2.36. The molecule has 2 unspecified atom stereocenters. The van der Waals surface area contributed by atoms with Gasteiger partial charge in [-0.05, 0) is 24.2 Å². The van der Waals surface area contributed by atoms with Crippen molar-refractivity contribution in [2.75, 3.05) is 0 Å². The number of carbonyl (C=O) groups excluding carboxylic acids is 2. The summed E-state index contributed by atoms with van der Waals surface area (Å²) >= 11 is 0. The smallest absolute Gasteiger partial charge is 0.303 e. The molecule has 1 fully saturated rings. The van der Waals surface area contributed by atoms with E-state index in [1.165, 1.54) is 6.92 Å². The highest BCUT2D eigenvalue weighted by atomic mass is 16.5. The van der Waals surface area contributed by atoms with Crippen molar-refractivity contribution in [2.24, 2.45) is 11.3 Å². The molecule has 15 heavy (non-hydrogen) atoms. The van der Waals surface area contributed by atoms with Gasteiger partial charge < -0.3 is 4.74 Å². The molecule has 86 valence electrons. The van der Waals surface area contributed by atoms with E-state index in [0.29, 0.717) is 18.8 Å². The van der Waals surface area contributed by atoms with Gasteiger partial charge in [-0.25, -0.2) is 0 Å². The predicted octanol–water partition coefficient (Wildman–Crippen LogP) is 2.33. The van der Waals surface area contributed by atoms with Gasteiger partial charge in [0.1, 0.15) is 0 Å². The number of hydrogen-bond acceptors (Lipinski definition) is 3. The number of ether oxygens (including phenoxy) is 1. The van der Waals surface area contributed by atoms with Gasteiger partial charge in [-0.1, -0.05) is 20.8 Å². The summed E-state index contributed by atoms with van der Waals surface area (Å²) in [5.74, 6) is 0.174. The summed E-state index contributed by atoms with van der Waals surface area (Å²) < 4.78 is 5.04. The van der Waals surface area contributed by atoms with E-state index in [4.69, 9.17) is 4.74 Å². The third-order valence-corrected chi connectivity index (χ3v) is 3.13. The lowest BCUT2D eigenvalue weighted by Crippen LogP contribution is -2.37. The summed E-state index contributed by atoms with van der Waals surface area (Å²) in [5, 5.41) is 0. The molecule has 2 atom stereocenters. The Labute approximate surface area is 91.2 Å². The fourth-order valence-corrected chi connectivity index (χ4v) is 2.09. The van der Waals surface area contributed by atoms with E-state index in [1.807, 2.05) is 0 Å². The Morgan fingerprint density at radius 3 is 2.47 bits per heavy atom. The minimum atomic E-state index is -0.500. The molecule has 3 heteroatoms. The zero-order chi connectivity index (χ0) is 11.6. The molecule has 1 saturated carbocycles. The zero-order valence-electron chi connectivity index (χ0n) is 10.0. The van der Waals surface area contributed by atoms with E-state index in [0.717, 1.165) is 6.42 Å². The number of Topliss-reactive ketones (excluding diaryl/α,β-unsaturated/α-hetero) is 1. The lowest BCUT2D eigenvalue weighted by atomic mass is 9.71. The molecule has 0 radical (unpaired) electrons. The molecule has 0 bridgehead atoms. The van der Waals surface area contributed by atoms with Crippen LogP contribution in [0.5, 0.6) is 0 Å². The number of carbonyl (C=O) groups is 2. The summed E-state index contributed by atoms with van der Waals surface area (Å²) in [4.78, 5) is 22.4.